The van der Waals surface area contributed by atoms with E-state index in [0.717, 1.165) is 32.1 Å². The van der Waals surface area contributed by atoms with Crippen molar-refractivity contribution in [3.05, 3.63) is 29.8 Å². The van der Waals surface area contributed by atoms with Crippen LogP contribution >= 0.6 is 0 Å². The van der Waals surface area contributed by atoms with Gasteiger partial charge in [0.1, 0.15) is 0 Å². The molecule has 1 aromatic rings. The van der Waals surface area contributed by atoms with E-state index >= 15 is 0 Å². The molecule has 1 aliphatic rings. The predicted octanol–water partition coefficient (Wildman–Crippen LogP) is 2.36. The summed E-state index contributed by atoms with van der Waals surface area (Å²) in [4.78, 5) is 5.12. The van der Waals surface area contributed by atoms with Crippen LogP contribution in [0.3, 0.4) is 0 Å². The quantitative estimate of drug-likeness (QED) is 0.860. The summed E-state index contributed by atoms with van der Waals surface area (Å²) in [6.07, 6.45) is 0. The van der Waals surface area contributed by atoms with Crippen LogP contribution in [0, 0.1) is 12.8 Å². The van der Waals surface area contributed by atoms with Gasteiger partial charge in [-0.3, -0.25) is 4.90 Å². The molecule has 20 heavy (non-hydrogen) atoms. The monoisotopic (exact) mass is 275 g/mol. The summed E-state index contributed by atoms with van der Waals surface area (Å²) in [6, 6.07) is 8.86. The Bertz CT molecular complexity index is 397. The standard InChI is InChI=1S/C17H29N3/c1-4-18-13-16(3)14-19-8-10-20(11-9-19)17-7-5-6-15(2)12-17/h5-7,12,16,18H,4,8-11,13-14H2,1-3H3. The fraction of sp³-hybridized carbons (Fsp3) is 0.647. The summed E-state index contributed by atoms with van der Waals surface area (Å²) < 4.78 is 0. The highest BCUT2D eigenvalue weighted by molar-refractivity contribution is 5.48. The summed E-state index contributed by atoms with van der Waals surface area (Å²) >= 11 is 0. The van der Waals surface area contributed by atoms with Crippen molar-refractivity contribution in [1.29, 1.82) is 0 Å². The van der Waals surface area contributed by atoms with E-state index in [1.165, 1.54) is 30.9 Å². The molecule has 0 spiro atoms. The predicted molar refractivity (Wildman–Crippen MR) is 87.5 cm³/mol. The Kier molecular flexibility index (Phi) is 5.86. The van der Waals surface area contributed by atoms with E-state index in [1.54, 1.807) is 0 Å². The van der Waals surface area contributed by atoms with Gasteiger partial charge in [-0.2, -0.15) is 0 Å². The zero-order chi connectivity index (χ0) is 14.4. The summed E-state index contributed by atoms with van der Waals surface area (Å²) in [5.74, 6) is 0.737. The number of hydrogen-bond donors (Lipinski definition) is 1. The Morgan fingerprint density at radius 3 is 2.60 bits per heavy atom. The highest BCUT2D eigenvalue weighted by Gasteiger charge is 2.18. The van der Waals surface area contributed by atoms with Gasteiger partial charge in [0.2, 0.25) is 0 Å². The fourth-order valence-electron chi connectivity index (χ4n) is 2.91. The van der Waals surface area contributed by atoms with Crippen molar-refractivity contribution >= 4 is 5.69 Å². The van der Waals surface area contributed by atoms with Crippen molar-refractivity contribution in [3.63, 3.8) is 0 Å². The molecule has 1 atom stereocenters. The topological polar surface area (TPSA) is 18.5 Å². The lowest BCUT2D eigenvalue weighted by molar-refractivity contribution is 0.223. The van der Waals surface area contributed by atoms with Gasteiger partial charge >= 0.3 is 0 Å². The molecular formula is C17H29N3. The molecule has 1 aliphatic heterocycles. The maximum absolute atomic E-state index is 3.44. The maximum Gasteiger partial charge on any atom is 0.0369 e. The Hall–Kier alpha value is -1.06. The van der Waals surface area contributed by atoms with Gasteiger partial charge in [-0.1, -0.05) is 26.0 Å². The van der Waals surface area contributed by atoms with E-state index in [9.17, 15) is 0 Å². The minimum absolute atomic E-state index is 0.737. The van der Waals surface area contributed by atoms with Gasteiger partial charge in [0.15, 0.2) is 0 Å². The molecular weight excluding hydrogens is 246 g/mol. The van der Waals surface area contributed by atoms with Gasteiger partial charge < -0.3 is 10.2 Å². The molecule has 3 heteroatoms. The molecule has 0 amide bonds. The highest BCUT2D eigenvalue weighted by atomic mass is 15.3. The fourth-order valence-corrected chi connectivity index (χ4v) is 2.91. The van der Waals surface area contributed by atoms with Crippen LogP contribution in [0.1, 0.15) is 19.4 Å². The normalized spacial score (nSPS) is 18.2. The summed E-state index contributed by atoms with van der Waals surface area (Å²) in [5, 5.41) is 3.44. The number of anilines is 1. The van der Waals surface area contributed by atoms with Crippen LogP contribution in [0.15, 0.2) is 24.3 Å². The second kappa shape index (κ2) is 7.65. The molecule has 0 aliphatic carbocycles. The van der Waals surface area contributed by atoms with Crippen molar-refractivity contribution in [1.82, 2.24) is 10.2 Å². The minimum atomic E-state index is 0.737. The average Bonchev–Trinajstić information content (AvgIpc) is 2.46. The lowest BCUT2D eigenvalue weighted by Crippen LogP contribution is -2.48. The molecule has 3 nitrogen and oxygen atoms in total. The first kappa shape index (κ1) is 15.3. The molecule has 0 saturated carbocycles. The van der Waals surface area contributed by atoms with Gasteiger partial charge in [0.25, 0.3) is 0 Å². The van der Waals surface area contributed by atoms with Crippen LogP contribution in [0.25, 0.3) is 0 Å². The second-order valence-electron chi connectivity index (χ2n) is 6.04. The summed E-state index contributed by atoms with van der Waals surface area (Å²) in [5.41, 5.74) is 2.73. The molecule has 1 unspecified atom stereocenters. The second-order valence-corrected chi connectivity index (χ2v) is 6.04. The van der Waals surface area contributed by atoms with E-state index in [4.69, 9.17) is 0 Å². The first-order valence-corrected chi connectivity index (χ1v) is 7.93. The number of nitrogens with zero attached hydrogens (tertiary/aromatic N) is 2. The lowest BCUT2D eigenvalue weighted by Gasteiger charge is -2.37. The van der Waals surface area contributed by atoms with Gasteiger partial charge in [0, 0.05) is 38.4 Å². The molecule has 1 saturated heterocycles. The largest absolute Gasteiger partial charge is 0.369 e. The smallest absolute Gasteiger partial charge is 0.0369 e. The highest BCUT2D eigenvalue weighted by Crippen LogP contribution is 2.18. The van der Waals surface area contributed by atoms with Crippen LogP contribution in [-0.4, -0.2) is 50.7 Å². The zero-order valence-electron chi connectivity index (χ0n) is 13.2. The van der Waals surface area contributed by atoms with Crippen LogP contribution in [0.5, 0.6) is 0 Å². The molecule has 1 N–H and O–H groups in total. The Morgan fingerprint density at radius 2 is 1.95 bits per heavy atom. The number of hydrogen-bond acceptors (Lipinski definition) is 3. The van der Waals surface area contributed by atoms with Crippen LogP contribution in [-0.2, 0) is 0 Å². The molecule has 2 rings (SSSR count). The van der Waals surface area contributed by atoms with Gasteiger partial charge in [-0.05, 0) is 43.6 Å². The lowest BCUT2D eigenvalue weighted by atomic mass is 10.1. The maximum atomic E-state index is 3.44. The third-order valence-electron chi connectivity index (χ3n) is 4.05. The number of aryl methyl sites for hydroxylation is 1. The zero-order valence-corrected chi connectivity index (χ0v) is 13.2. The van der Waals surface area contributed by atoms with Crippen molar-refractivity contribution in [2.45, 2.75) is 20.8 Å². The Morgan fingerprint density at radius 1 is 1.20 bits per heavy atom. The SMILES string of the molecule is CCNCC(C)CN1CCN(c2cccc(C)c2)CC1. The van der Waals surface area contributed by atoms with E-state index in [1.807, 2.05) is 0 Å². The molecule has 1 heterocycles. The van der Waals surface area contributed by atoms with Crippen LogP contribution in [0.4, 0.5) is 5.69 Å². The summed E-state index contributed by atoms with van der Waals surface area (Å²) in [6.45, 7) is 14.8. The number of benzene rings is 1. The molecule has 0 radical (unpaired) electrons. The van der Waals surface area contributed by atoms with Gasteiger partial charge in [0.05, 0.1) is 0 Å². The molecule has 0 bridgehead atoms. The van der Waals surface area contributed by atoms with Crippen LogP contribution in [0.2, 0.25) is 0 Å². The minimum Gasteiger partial charge on any atom is -0.369 e. The number of nitrogens with one attached hydrogen (secondary N) is 1. The molecule has 0 aromatic heterocycles. The van der Waals surface area contributed by atoms with Crippen molar-refractivity contribution in [3.8, 4) is 0 Å². The first-order valence-electron chi connectivity index (χ1n) is 7.93. The average molecular weight is 275 g/mol. The van der Waals surface area contributed by atoms with E-state index in [2.05, 4.69) is 60.2 Å². The third kappa shape index (κ3) is 4.50. The third-order valence-corrected chi connectivity index (χ3v) is 4.05. The molecule has 1 aromatic carbocycles. The van der Waals surface area contributed by atoms with E-state index < -0.39 is 0 Å². The number of piperazine rings is 1. The Balaban J connectivity index is 1.77. The van der Waals surface area contributed by atoms with E-state index in [-0.39, 0.29) is 0 Å². The first-order chi connectivity index (χ1) is 9.69. The molecule has 1 fully saturated rings. The Labute approximate surface area is 124 Å². The van der Waals surface area contributed by atoms with Crippen molar-refractivity contribution in [2.75, 3.05) is 50.7 Å². The summed E-state index contributed by atoms with van der Waals surface area (Å²) in [7, 11) is 0. The van der Waals surface area contributed by atoms with Gasteiger partial charge in [-0.15, -0.1) is 0 Å². The van der Waals surface area contributed by atoms with Crippen LogP contribution < -0.4 is 10.2 Å². The van der Waals surface area contributed by atoms with Crippen molar-refractivity contribution < 1.29 is 0 Å². The van der Waals surface area contributed by atoms with E-state index in [0.29, 0.717) is 0 Å². The number of rotatable bonds is 6. The van der Waals surface area contributed by atoms with Crippen molar-refractivity contribution in [2.24, 2.45) is 5.92 Å². The molecule has 112 valence electrons. The van der Waals surface area contributed by atoms with Gasteiger partial charge in [-0.25, -0.2) is 0 Å².